The molecule has 0 spiro atoms. The number of para-hydroxylation sites is 1. The summed E-state index contributed by atoms with van der Waals surface area (Å²) in [6, 6.07) is 10.9. The second kappa shape index (κ2) is 4.80. The molecule has 2 aromatic carbocycles. The summed E-state index contributed by atoms with van der Waals surface area (Å²) in [5.74, 6) is -0.428. The number of benzene rings is 2. The SMILES string of the molecule is O=C1c2ccccc2-n2c1nc1ccc([O-])cc1c2=O.[Na+]. The molecule has 0 aliphatic carbocycles. The van der Waals surface area contributed by atoms with Gasteiger partial charge >= 0.3 is 29.6 Å². The van der Waals surface area contributed by atoms with Gasteiger partial charge in [0.25, 0.3) is 5.56 Å². The van der Waals surface area contributed by atoms with Gasteiger partial charge in [0.2, 0.25) is 5.78 Å². The van der Waals surface area contributed by atoms with Gasteiger partial charge in [-0.3, -0.25) is 14.2 Å². The Labute approximate surface area is 141 Å². The van der Waals surface area contributed by atoms with Crippen molar-refractivity contribution in [2.24, 2.45) is 0 Å². The molecule has 0 amide bonds. The largest absolute Gasteiger partial charge is 1.00 e. The minimum absolute atomic E-state index is 0. The molecule has 0 N–H and O–H groups in total. The Bertz CT molecular complexity index is 963. The molecule has 1 aliphatic rings. The topological polar surface area (TPSA) is 75.0 Å². The van der Waals surface area contributed by atoms with Gasteiger partial charge in [-0.1, -0.05) is 24.3 Å². The third kappa shape index (κ3) is 1.86. The van der Waals surface area contributed by atoms with Crippen molar-refractivity contribution < 1.29 is 39.5 Å². The van der Waals surface area contributed by atoms with Gasteiger partial charge < -0.3 is 5.11 Å². The van der Waals surface area contributed by atoms with Crippen LogP contribution in [-0.4, -0.2) is 15.3 Å². The van der Waals surface area contributed by atoms with E-state index in [4.69, 9.17) is 0 Å². The Morgan fingerprint density at radius 2 is 1.81 bits per heavy atom. The smallest absolute Gasteiger partial charge is 0.872 e. The summed E-state index contributed by atoms with van der Waals surface area (Å²) in [6.07, 6.45) is 0. The Morgan fingerprint density at radius 1 is 1.05 bits per heavy atom. The summed E-state index contributed by atoms with van der Waals surface area (Å²) in [5, 5.41) is 11.6. The van der Waals surface area contributed by atoms with E-state index in [0.29, 0.717) is 16.8 Å². The molecular formula is C15H7N2NaO3. The molecule has 0 saturated heterocycles. The van der Waals surface area contributed by atoms with E-state index in [9.17, 15) is 14.7 Å². The Balaban J connectivity index is 0.00000132. The summed E-state index contributed by atoms with van der Waals surface area (Å²) in [5.41, 5.74) is 0.945. The molecule has 0 unspecified atom stereocenters. The first-order valence-corrected chi connectivity index (χ1v) is 6.05. The predicted molar refractivity (Wildman–Crippen MR) is 70.2 cm³/mol. The van der Waals surface area contributed by atoms with Gasteiger partial charge in [0, 0.05) is 0 Å². The van der Waals surface area contributed by atoms with Gasteiger partial charge in [-0.2, -0.15) is 0 Å². The molecular weight excluding hydrogens is 279 g/mol. The van der Waals surface area contributed by atoms with E-state index >= 15 is 0 Å². The fourth-order valence-corrected chi connectivity index (χ4v) is 2.52. The van der Waals surface area contributed by atoms with E-state index in [1.165, 1.54) is 22.8 Å². The molecule has 1 aliphatic heterocycles. The number of fused-ring (bicyclic) bond motifs is 4. The molecule has 2 heterocycles. The van der Waals surface area contributed by atoms with Crippen LogP contribution in [-0.2, 0) is 0 Å². The molecule has 4 rings (SSSR count). The van der Waals surface area contributed by atoms with Gasteiger partial charge in [-0.25, -0.2) is 4.98 Å². The molecule has 6 heteroatoms. The summed E-state index contributed by atoms with van der Waals surface area (Å²) in [4.78, 5) is 29.0. The first kappa shape index (κ1) is 14.0. The van der Waals surface area contributed by atoms with Crippen molar-refractivity contribution in [3.8, 4) is 11.4 Å². The molecule has 21 heavy (non-hydrogen) atoms. The van der Waals surface area contributed by atoms with Gasteiger partial charge in [-0.15, -0.1) is 5.75 Å². The maximum Gasteiger partial charge on any atom is 1.00 e. The zero-order valence-electron chi connectivity index (χ0n) is 11.2. The number of aromatic nitrogens is 2. The normalized spacial score (nSPS) is 11.9. The zero-order chi connectivity index (χ0) is 13.9. The van der Waals surface area contributed by atoms with Crippen molar-refractivity contribution in [1.82, 2.24) is 9.55 Å². The van der Waals surface area contributed by atoms with Crippen molar-refractivity contribution >= 4 is 16.7 Å². The summed E-state index contributed by atoms with van der Waals surface area (Å²) < 4.78 is 1.28. The minimum Gasteiger partial charge on any atom is -0.872 e. The van der Waals surface area contributed by atoms with Crippen molar-refractivity contribution in [2.75, 3.05) is 0 Å². The van der Waals surface area contributed by atoms with Crippen LogP contribution < -0.4 is 40.2 Å². The molecule has 0 saturated carbocycles. The number of ketones is 1. The van der Waals surface area contributed by atoms with Crippen molar-refractivity contribution in [3.63, 3.8) is 0 Å². The van der Waals surface area contributed by atoms with E-state index < -0.39 is 0 Å². The van der Waals surface area contributed by atoms with Gasteiger partial charge in [0.05, 0.1) is 22.2 Å². The maximum atomic E-state index is 12.5. The second-order valence-corrected chi connectivity index (χ2v) is 4.60. The number of rotatable bonds is 0. The molecule has 0 atom stereocenters. The Hall–Kier alpha value is -1.95. The molecule has 3 aromatic rings. The first-order chi connectivity index (χ1) is 9.66. The number of hydrogen-bond donors (Lipinski definition) is 0. The minimum atomic E-state index is -0.388. The number of carbonyl (C=O) groups excluding carboxylic acids is 1. The van der Waals surface area contributed by atoms with E-state index in [1.807, 2.05) is 0 Å². The molecule has 0 fully saturated rings. The summed E-state index contributed by atoms with van der Waals surface area (Å²) in [6.45, 7) is 0. The van der Waals surface area contributed by atoms with Gasteiger partial charge in [0.1, 0.15) is 0 Å². The van der Waals surface area contributed by atoms with Crippen molar-refractivity contribution in [1.29, 1.82) is 0 Å². The molecule has 1 aromatic heterocycles. The van der Waals surface area contributed by atoms with Crippen LogP contribution in [0.1, 0.15) is 16.2 Å². The fraction of sp³-hybridized carbons (Fsp3) is 0. The molecule has 0 radical (unpaired) electrons. The molecule has 5 nitrogen and oxygen atoms in total. The number of carbonyl (C=O) groups is 1. The van der Waals surface area contributed by atoms with E-state index in [1.54, 1.807) is 24.3 Å². The van der Waals surface area contributed by atoms with Crippen molar-refractivity contribution in [2.45, 2.75) is 0 Å². The van der Waals surface area contributed by atoms with Crippen molar-refractivity contribution in [3.05, 3.63) is 64.2 Å². The van der Waals surface area contributed by atoms with Crippen LogP contribution in [0.25, 0.3) is 16.6 Å². The van der Waals surface area contributed by atoms with Crippen LogP contribution in [0, 0.1) is 0 Å². The van der Waals surface area contributed by atoms with Crippen LogP contribution in [0.15, 0.2) is 47.3 Å². The molecule has 96 valence electrons. The van der Waals surface area contributed by atoms with Crippen LogP contribution in [0.5, 0.6) is 5.75 Å². The van der Waals surface area contributed by atoms with E-state index in [0.717, 1.165) is 0 Å². The Morgan fingerprint density at radius 3 is 2.62 bits per heavy atom. The quantitative estimate of drug-likeness (QED) is 0.351. The zero-order valence-corrected chi connectivity index (χ0v) is 13.2. The van der Waals surface area contributed by atoms with Crippen LogP contribution in [0.4, 0.5) is 0 Å². The van der Waals surface area contributed by atoms with E-state index in [-0.39, 0.29) is 57.9 Å². The van der Waals surface area contributed by atoms with Crippen LogP contribution in [0.3, 0.4) is 0 Å². The second-order valence-electron chi connectivity index (χ2n) is 4.60. The summed E-state index contributed by atoms with van der Waals surface area (Å²) in [7, 11) is 0. The van der Waals surface area contributed by atoms with E-state index in [2.05, 4.69) is 4.98 Å². The fourth-order valence-electron chi connectivity index (χ4n) is 2.52. The first-order valence-electron chi connectivity index (χ1n) is 6.05. The van der Waals surface area contributed by atoms with Crippen LogP contribution >= 0.6 is 0 Å². The van der Waals surface area contributed by atoms with Crippen LogP contribution in [0.2, 0.25) is 0 Å². The average Bonchev–Trinajstić information content (AvgIpc) is 2.74. The standard InChI is InChI=1S/C15H8N2O3.Na/c18-8-5-6-11-10(7-8)15(20)17-12-4-2-1-3-9(12)13(19)14(17)16-11;/h1-7,18H;/q;+1/p-1. The number of nitrogens with zero attached hydrogens (tertiary/aromatic N) is 2. The van der Waals surface area contributed by atoms with Gasteiger partial charge in [-0.05, 0) is 18.2 Å². The van der Waals surface area contributed by atoms with Gasteiger partial charge in [0.15, 0.2) is 5.82 Å². The molecule has 0 bridgehead atoms. The Kier molecular flexibility index (Phi) is 3.20. The average molecular weight is 286 g/mol. The monoisotopic (exact) mass is 286 g/mol. The predicted octanol–water partition coefficient (Wildman–Crippen LogP) is -1.99. The third-order valence-corrected chi connectivity index (χ3v) is 3.43. The maximum absolute atomic E-state index is 12.5. The third-order valence-electron chi connectivity index (χ3n) is 3.43. The number of hydrogen-bond acceptors (Lipinski definition) is 4. The summed E-state index contributed by atoms with van der Waals surface area (Å²) >= 11 is 0.